The van der Waals surface area contributed by atoms with E-state index in [1.807, 2.05) is 30.6 Å². The first kappa shape index (κ1) is 60.1. The van der Waals surface area contributed by atoms with Crippen LogP contribution in [0.25, 0.3) is 21.8 Å². The zero-order chi connectivity index (χ0) is 61.9. The van der Waals surface area contributed by atoms with Gasteiger partial charge in [0, 0.05) is 87.7 Å². The third-order valence-electron chi connectivity index (χ3n) is 21.0. The lowest BCUT2D eigenvalue weighted by molar-refractivity contribution is -0.183. The van der Waals surface area contributed by atoms with E-state index in [1.165, 1.54) is 26.6 Å². The first-order valence-corrected chi connectivity index (χ1v) is 30.5. The number of aromatic nitrogens is 2. The molecule has 9 atom stereocenters. The van der Waals surface area contributed by atoms with E-state index in [0.717, 1.165) is 49.9 Å². The Morgan fingerprint density at radius 2 is 1.40 bits per heavy atom. The molecule has 5 saturated carbocycles. The molecule has 0 radical (unpaired) electrons. The third-order valence-corrected chi connectivity index (χ3v) is 21.0. The van der Waals surface area contributed by atoms with Gasteiger partial charge in [0.1, 0.15) is 34.9 Å². The highest BCUT2D eigenvalue weighted by Crippen LogP contribution is 2.68. The van der Waals surface area contributed by atoms with Crippen molar-refractivity contribution in [1.29, 1.82) is 0 Å². The molecule has 23 heteroatoms. The number of aliphatic hydroxyl groups excluding tert-OH is 2. The summed E-state index contributed by atoms with van der Waals surface area (Å²) in [7, 11) is 2.88. The van der Waals surface area contributed by atoms with Crippen molar-refractivity contribution in [2.45, 2.75) is 148 Å². The predicted octanol–water partition coefficient (Wildman–Crippen LogP) is 6.99. The number of halogens is 2. The number of aliphatic hydroxyl groups is 2. The minimum absolute atomic E-state index is 0.0206. The molecule has 2 aliphatic heterocycles. The molecule has 87 heavy (non-hydrogen) atoms. The van der Waals surface area contributed by atoms with Crippen LogP contribution in [-0.4, -0.2) is 137 Å². The Hall–Kier alpha value is -7.21. The number of benzene rings is 2. The fourth-order valence-corrected chi connectivity index (χ4v) is 16.4. The average molecular weight is 1210 g/mol. The topological polar surface area (TPSA) is 266 Å². The number of hydrogen-bond acceptors (Lipinski definition) is 18. The fraction of sp³-hybridized carbons (Fsp3) is 0.578. The van der Waals surface area contributed by atoms with E-state index in [9.17, 15) is 48.9 Å². The molecule has 21 nitrogen and oxygen atoms in total. The van der Waals surface area contributed by atoms with Crippen LogP contribution in [0.2, 0.25) is 0 Å². The Morgan fingerprint density at radius 3 is 1.95 bits per heavy atom. The number of pyridine rings is 2. The lowest BCUT2D eigenvalue weighted by Gasteiger charge is -2.60. The number of Topliss-reactive ketones (excluding diaryl/α,β-unsaturated/α-hetero) is 1. The predicted molar refractivity (Wildman–Crippen MR) is 315 cm³/mol. The van der Waals surface area contributed by atoms with Crippen molar-refractivity contribution < 1.29 is 66.3 Å². The van der Waals surface area contributed by atoms with Gasteiger partial charge < -0.3 is 62.6 Å². The number of ether oxygens (including phenoxy) is 3. The molecule has 0 amide bonds. The van der Waals surface area contributed by atoms with Crippen molar-refractivity contribution in [2.24, 2.45) is 28.6 Å². The number of carboxylic acid groups (broad SMARTS) is 1. The molecule has 6 aliphatic carbocycles. The third kappa shape index (κ3) is 9.98. The highest BCUT2D eigenvalue weighted by atomic mass is 19.1. The average Bonchev–Trinajstić information content (AvgIpc) is 1.69. The highest BCUT2D eigenvalue weighted by Gasteiger charge is 2.70. The van der Waals surface area contributed by atoms with Gasteiger partial charge >= 0.3 is 17.8 Å². The maximum Gasteiger partial charge on any atom is 0.519 e. The number of anilines is 2. The number of carbonyl (C=O) groups excluding carboxylic acids is 3. The largest absolute Gasteiger partial charge is 0.519 e. The van der Waals surface area contributed by atoms with Gasteiger partial charge in [-0.05, 0) is 126 Å². The van der Waals surface area contributed by atoms with E-state index in [0.29, 0.717) is 105 Å². The lowest BCUT2D eigenvalue weighted by Crippen LogP contribution is -2.63. The molecule has 2 aromatic carbocycles. The summed E-state index contributed by atoms with van der Waals surface area (Å²) in [6, 6.07) is 2.39. The van der Waals surface area contributed by atoms with Gasteiger partial charge in [0.05, 0.1) is 48.7 Å². The van der Waals surface area contributed by atoms with Crippen molar-refractivity contribution in [3.63, 3.8) is 0 Å². The summed E-state index contributed by atoms with van der Waals surface area (Å²) in [5.74, 6) is -3.98. The Labute approximate surface area is 499 Å². The number of carbonyl (C=O) groups is 4. The van der Waals surface area contributed by atoms with Crippen molar-refractivity contribution >= 4 is 56.7 Å². The number of esters is 1. The van der Waals surface area contributed by atoms with Gasteiger partial charge in [-0.2, -0.15) is 0 Å². The summed E-state index contributed by atoms with van der Waals surface area (Å²) < 4.78 is 63.4. The van der Waals surface area contributed by atoms with Gasteiger partial charge in [0.15, 0.2) is 40.3 Å². The fourth-order valence-electron chi connectivity index (χ4n) is 16.4. The molecule has 2 unspecified atom stereocenters. The van der Waals surface area contributed by atoms with E-state index in [1.54, 1.807) is 22.1 Å². The van der Waals surface area contributed by atoms with Crippen LogP contribution in [0.4, 0.5) is 20.2 Å². The number of hydrogen-bond donors (Lipinski definition) is 4. The Kier molecular flexibility index (Phi) is 15.5. The van der Waals surface area contributed by atoms with Crippen LogP contribution < -0.4 is 41.3 Å². The number of rotatable bonds is 13. The number of nitrogens with zero attached hydrogens (tertiary/aromatic N) is 5. The van der Waals surface area contributed by atoms with Gasteiger partial charge in [0.2, 0.25) is 16.6 Å². The van der Waals surface area contributed by atoms with E-state index in [2.05, 4.69) is 17.1 Å². The number of piperazine rings is 2. The molecular formula is C64H76F2N6O15. The number of aromatic carboxylic acids is 1. The second kappa shape index (κ2) is 22.4. The number of ketones is 2. The Balaban J connectivity index is 0.000000228. The zero-order valence-corrected chi connectivity index (χ0v) is 50.2. The summed E-state index contributed by atoms with van der Waals surface area (Å²) in [5, 5.41) is 35.1. The van der Waals surface area contributed by atoms with Gasteiger partial charge in [-0.3, -0.25) is 24.1 Å². The molecule has 4 N–H and O–H groups in total. The quantitative estimate of drug-likeness (QED) is 0.0865. The van der Waals surface area contributed by atoms with Crippen molar-refractivity contribution in [3.05, 3.63) is 102 Å². The second-order valence-corrected chi connectivity index (χ2v) is 26.0. The molecular weight excluding hydrogens is 1130 g/mol. The Morgan fingerprint density at radius 1 is 0.793 bits per heavy atom. The number of carboxylic acids is 1. The van der Waals surface area contributed by atoms with Gasteiger partial charge in [-0.1, -0.05) is 19.4 Å². The monoisotopic (exact) mass is 1210 g/mol. The van der Waals surface area contributed by atoms with Crippen LogP contribution in [-0.2, 0) is 20.9 Å². The molecule has 0 spiro atoms. The SMILES string of the molecule is COc1c(N2CCN(Cc3oc(=O)oc3C)C(C)C2)c(F)cc2c(=O)c(C(=O)O[C@]3(C(=O)CO)CC[C@H]4[C@@H]5CCC6=CC(=O)CC[C@]6(C)[C@H]5[C@@H](O)C[C@@]43C)cn(C3CC3)c12.COc1c(N2CCNC(C)C2)c(F)cc2c(=O)c(C(=O)O)cn(C3CC3)c12. The van der Waals surface area contributed by atoms with Crippen LogP contribution in [0.3, 0.4) is 0 Å². The maximum absolute atomic E-state index is 16.6. The van der Waals surface area contributed by atoms with Crippen molar-refractivity contribution in [3.8, 4) is 11.5 Å². The van der Waals surface area contributed by atoms with E-state index in [-0.39, 0.29) is 99.3 Å². The second-order valence-electron chi connectivity index (χ2n) is 26.0. The number of aryl methyl sites for hydroxylation is 1. The number of nitrogens with one attached hydrogen (secondary N) is 1. The summed E-state index contributed by atoms with van der Waals surface area (Å²) >= 11 is 0. The molecule has 466 valence electrons. The number of allylic oxidation sites excluding steroid dienone is 1. The molecule has 3 aromatic heterocycles. The van der Waals surface area contributed by atoms with Gasteiger partial charge in [-0.25, -0.2) is 23.2 Å². The highest BCUT2D eigenvalue weighted by molar-refractivity contribution is 6.01. The molecule has 5 heterocycles. The van der Waals surface area contributed by atoms with Crippen LogP contribution in [0.1, 0.15) is 143 Å². The first-order chi connectivity index (χ1) is 41.5. The smallest absolute Gasteiger partial charge is 0.492 e. The standard InChI is InChI=1S/C45H54FN3O11.C19H22FN3O4/c1-23-19-48(15-14-47(23)21-34-24(2)58-42(56)59-34)38-32(46)17-29-37(40(38)57-5)49(26-7-8-26)20-30(39(29)54)41(55)60-45(35(53)22-50)13-11-31-28-9-6-25-16-27(51)10-12-43(25,3)36(28)33(52)18-44(31,45)4;1-10-8-22(6-5-21-10)16-14(20)7-12-15(18(16)27-2)23(11-3-4-11)9-13(17(12)24)19(25)26/h16-17,20,23,26,28,31,33,36,50,52H,6-15,18-19,21-22H2,1-5H3;7,9-11,21H,3-6,8H2,1-2H3,(H,25,26)/t23?,28-,31-,33-,36+,43-,44-,45-;/m0./s1. The minimum atomic E-state index is -1.83. The molecule has 0 bridgehead atoms. The molecule has 5 aromatic rings. The van der Waals surface area contributed by atoms with Crippen LogP contribution in [0, 0.1) is 47.1 Å². The number of methoxy groups -OCH3 is 2. The van der Waals surface area contributed by atoms with E-state index in [4.69, 9.17) is 23.0 Å². The molecule has 13 rings (SSSR count). The molecule has 2 saturated heterocycles. The zero-order valence-electron chi connectivity index (χ0n) is 50.2. The first-order valence-electron chi connectivity index (χ1n) is 30.5. The summed E-state index contributed by atoms with van der Waals surface area (Å²) in [6.07, 6.45) is 10.2. The lowest BCUT2D eigenvalue weighted by atomic mass is 9.45. The van der Waals surface area contributed by atoms with Crippen molar-refractivity contribution in [2.75, 3.05) is 69.9 Å². The number of fused-ring (bicyclic) bond motifs is 7. The van der Waals surface area contributed by atoms with Crippen molar-refractivity contribution in [1.82, 2.24) is 19.4 Å². The van der Waals surface area contributed by atoms with E-state index >= 15 is 8.78 Å². The Bertz CT molecular complexity index is 3880. The van der Waals surface area contributed by atoms with Crippen LogP contribution in [0.5, 0.6) is 11.5 Å². The van der Waals surface area contributed by atoms with Crippen LogP contribution in [0.15, 0.2) is 59.4 Å². The summed E-state index contributed by atoms with van der Waals surface area (Å²) in [6.45, 7) is 12.4. The minimum Gasteiger partial charge on any atom is -0.492 e. The summed E-state index contributed by atoms with van der Waals surface area (Å²) in [5.41, 5.74) is -3.01. The van der Waals surface area contributed by atoms with Gasteiger partial charge in [0.25, 0.3) is 0 Å². The molecule has 8 aliphatic rings. The maximum atomic E-state index is 16.6. The van der Waals surface area contributed by atoms with Gasteiger partial charge in [-0.15, -0.1) is 0 Å². The van der Waals surface area contributed by atoms with E-state index < -0.39 is 69.8 Å². The molecule has 7 fully saturated rings. The normalized spacial score (nSPS) is 29.0. The summed E-state index contributed by atoms with van der Waals surface area (Å²) in [4.78, 5) is 97.3. The van der Waals surface area contributed by atoms with Crippen LogP contribution >= 0.6 is 0 Å².